The molecule has 0 bridgehead atoms. The van der Waals surface area contributed by atoms with E-state index in [0.29, 0.717) is 0 Å². The van der Waals surface area contributed by atoms with Gasteiger partial charge in [0.15, 0.2) is 0 Å². The molecule has 0 aromatic carbocycles. The number of nitrogens with zero attached hydrogens (tertiary/aromatic N) is 5. The van der Waals surface area contributed by atoms with E-state index in [9.17, 15) is 0 Å². The molecule has 20 heavy (non-hydrogen) atoms. The number of hydrogen-bond acceptors (Lipinski definition) is 3. The van der Waals surface area contributed by atoms with Gasteiger partial charge < -0.3 is 26.2 Å². The van der Waals surface area contributed by atoms with Gasteiger partial charge in [-0.25, -0.2) is 0 Å². The van der Waals surface area contributed by atoms with E-state index in [1.807, 2.05) is 0 Å². The quantitative estimate of drug-likeness (QED) is 0.201. The van der Waals surface area contributed by atoms with Crippen LogP contribution < -0.4 is 5.32 Å². The fourth-order valence-electron chi connectivity index (χ4n) is 1.68. The van der Waals surface area contributed by atoms with E-state index in [-0.39, 0.29) is 0 Å². The van der Waals surface area contributed by atoms with Gasteiger partial charge in [0.05, 0.1) is 0 Å². The Bertz CT molecular complexity index is 180. The van der Waals surface area contributed by atoms with Crippen LogP contribution in [-0.2, 0) is 14.2 Å². The summed E-state index contributed by atoms with van der Waals surface area (Å²) in [5.74, 6) is 0. The molecule has 0 aromatic heterocycles. The predicted octanol–water partition coefficient (Wildman–Crippen LogP) is 2.97. The summed E-state index contributed by atoms with van der Waals surface area (Å²) in [4.78, 5) is 6.40. The van der Waals surface area contributed by atoms with Gasteiger partial charge in [-0.15, -0.1) is 0 Å². The number of nitrogens with one attached hydrogen (secondary N) is 1. The van der Waals surface area contributed by atoms with Crippen LogP contribution in [0.3, 0.4) is 0 Å². The first-order chi connectivity index (χ1) is 9.69. The predicted molar refractivity (Wildman–Crippen MR) is 87.4 cm³/mol. The van der Waals surface area contributed by atoms with E-state index in [1.54, 1.807) is 0 Å². The Balaban J connectivity index is -0.000000505. The fourth-order valence-corrected chi connectivity index (χ4v) is 1.68. The molecule has 1 N–H and O–H groups in total. The van der Waals surface area contributed by atoms with Gasteiger partial charge in [-0.05, 0) is 26.2 Å². The van der Waals surface area contributed by atoms with Crippen molar-refractivity contribution in [2.75, 3.05) is 52.4 Å². The molecule has 0 spiro atoms. The molecule has 0 amide bonds. The number of likely N-dealkylation sites (N-methyl/N-ethyl adjacent to an activating group) is 2. The maximum Gasteiger partial charge on any atom is -0.255 e. The van der Waals surface area contributed by atoms with Crippen molar-refractivity contribution in [2.24, 2.45) is 0 Å². The second-order valence-corrected chi connectivity index (χ2v) is 3.89. The monoisotopic (exact) mass is 399 g/mol. The first kappa shape index (κ1) is 25.2. The molecule has 0 radical (unpaired) electrons. The summed E-state index contributed by atoms with van der Waals surface area (Å²) < 4.78 is 0. The topological polar surface area (TPSA) is 77.2 Å². The summed E-state index contributed by atoms with van der Waals surface area (Å²) in [5.41, 5.74) is 13.5. The summed E-state index contributed by atoms with van der Waals surface area (Å²) in [7, 11) is 0. The van der Waals surface area contributed by atoms with E-state index in [1.165, 1.54) is 18.0 Å². The third-order valence-electron chi connectivity index (χ3n) is 3.00. The van der Waals surface area contributed by atoms with Crippen molar-refractivity contribution in [3.05, 3.63) is 16.0 Å². The second-order valence-electron chi connectivity index (χ2n) is 3.89. The van der Waals surface area contributed by atoms with Gasteiger partial charge in [-0.2, -0.15) is 0 Å². The maximum absolute atomic E-state index is 6.75. The summed E-state index contributed by atoms with van der Waals surface area (Å²) >= 11 is 6.50. The van der Waals surface area contributed by atoms with E-state index in [2.05, 4.69) is 71.1 Å². The van der Waals surface area contributed by atoms with Crippen LogP contribution in [0.1, 0.15) is 27.7 Å². The van der Waals surface area contributed by atoms with Gasteiger partial charge >= 0.3 is 28.3 Å². The Morgan fingerprint density at radius 3 is 1.30 bits per heavy atom. The first-order valence-electron chi connectivity index (χ1n) is 6.95. The molecule has 6 nitrogen and oxygen atoms in total. The molecule has 0 saturated carbocycles. The molecule has 0 unspecified atom stereocenters. The van der Waals surface area contributed by atoms with Crippen molar-refractivity contribution in [1.29, 1.82) is 0 Å². The maximum atomic E-state index is 6.75. The Labute approximate surface area is 139 Å². The van der Waals surface area contributed by atoms with Crippen LogP contribution in [-0.4, -0.2) is 62.2 Å². The Kier molecular flexibility index (Phi) is 30.5. The summed E-state index contributed by atoms with van der Waals surface area (Å²) in [6.07, 6.45) is 0. The van der Waals surface area contributed by atoms with Crippen LogP contribution in [0.25, 0.3) is 16.0 Å². The van der Waals surface area contributed by atoms with Crippen molar-refractivity contribution >= 4 is 14.1 Å². The molecule has 0 heterocycles. The zero-order valence-electron chi connectivity index (χ0n) is 13.1. The molecule has 126 valence electrons. The largest absolute Gasteiger partial charge is 0.373 e. The van der Waals surface area contributed by atoms with Gasteiger partial charge in [0.25, 0.3) is 0 Å². The van der Waals surface area contributed by atoms with Crippen molar-refractivity contribution in [3.63, 3.8) is 0 Å². The Morgan fingerprint density at radius 1 is 0.850 bits per heavy atom. The van der Waals surface area contributed by atoms with E-state index < -0.39 is 0 Å². The molecule has 0 aromatic rings. The summed E-state index contributed by atoms with van der Waals surface area (Å²) in [5, 5.41) is 3.50. The minimum atomic E-state index is 1.11. The van der Waals surface area contributed by atoms with Gasteiger partial charge in [-0.3, -0.25) is 4.91 Å². The van der Waals surface area contributed by atoms with Crippen LogP contribution in [0, 0.1) is 0 Å². The third-order valence-corrected chi connectivity index (χ3v) is 3.00. The fraction of sp³-hybridized carbons (Fsp3) is 1.00. The minimum absolute atomic E-state index is 1.11. The van der Waals surface area contributed by atoms with Gasteiger partial charge in [0.1, 0.15) is 0 Å². The van der Waals surface area contributed by atoms with Crippen LogP contribution in [0.4, 0.5) is 0 Å². The van der Waals surface area contributed by atoms with Gasteiger partial charge in [0, 0.05) is 26.2 Å². The zero-order chi connectivity index (χ0) is 16.2. The molecule has 0 saturated heterocycles. The first-order valence-corrected chi connectivity index (χ1v) is 9.27. The van der Waals surface area contributed by atoms with Gasteiger partial charge in [-0.1, -0.05) is 27.7 Å². The molecule has 0 atom stereocenters. The number of hydrogen-bond donors (Lipinski definition) is 1. The normalized spacial score (nSPS) is 9.45. The minimum Gasteiger partial charge on any atom is -0.373 e. The average molecular weight is 401 g/mol. The summed E-state index contributed by atoms with van der Waals surface area (Å²) in [6, 6.07) is 0. The number of rotatable bonds is 10. The third kappa shape index (κ3) is 20.5. The molecule has 0 aliphatic rings. The standard InChI is InChI=1S/C12H29N3.BrH.Cu.N3/c1-5-14(6-2)11-9-13-10-12-15(7-3)8-4;;;1-3-2/h13H,5-12H2,1-4H3;1H;;/q;;+1;-1/p-1. The van der Waals surface area contributed by atoms with Crippen LogP contribution in [0.5, 0.6) is 0 Å². The zero-order valence-corrected chi connectivity index (χ0v) is 15.6. The van der Waals surface area contributed by atoms with Gasteiger partial charge in [0.2, 0.25) is 0 Å². The van der Waals surface area contributed by atoms with Crippen molar-refractivity contribution < 1.29 is 14.2 Å². The van der Waals surface area contributed by atoms with Crippen molar-refractivity contribution in [3.8, 4) is 0 Å². The molecule has 0 aliphatic carbocycles. The van der Waals surface area contributed by atoms with Crippen LogP contribution in [0.15, 0.2) is 0 Å². The smallest absolute Gasteiger partial charge is 0.255 e. The molecular formula is C12H29BrCuN6-. The Morgan fingerprint density at radius 2 is 1.10 bits per heavy atom. The second kappa shape index (κ2) is 24.2. The van der Waals surface area contributed by atoms with Crippen LogP contribution >= 0.6 is 14.1 Å². The summed E-state index contributed by atoms with van der Waals surface area (Å²) in [6.45, 7) is 18.1. The Hall–Kier alpha value is 0.189. The van der Waals surface area contributed by atoms with Crippen molar-refractivity contribution in [2.45, 2.75) is 27.7 Å². The SMILES string of the molecule is CCN(CC)CCNCCN(CC)CC.[Cu][Br].[N-]=[N+]=[N-]. The molecule has 0 aliphatic heterocycles. The number of halogens is 1. The molecule has 0 rings (SSSR count). The molecular weight excluding hydrogens is 372 g/mol. The average Bonchev–Trinajstić information content (AvgIpc) is 2.50. The van der Waals surface area contributed by atoms with Crippen LogP contribution in [0.2, 0.25) is 0 Å². The molecule has 0 fully saturated rings. The van der Waals surface area contributed by atoms with E-state index in [0.717, 1.165) is 39.3 Å². The van der Waals surface area contributed by atoms with E-state index >= 15 is 0 Å². The van der Waals surface area contributed by atoms with E-state index in [4.69, 9.17) is 11.1 Å². The molecule has 8 heteroatoms. The van der Waals surface area contributed by atoms with Crippen molar-refractivity contribution in [1.82, 2.24) is 15.1 Å².